The number of hydrogen-bond donors (Lipinski definition) is 0. The van der Waals surface area contributed by atoms with Gasteiger partial charge in [-0.1, -0.05) is 0 Å². The van der Waals surface area contributed by atoms with Gasteiger partial charge in [-0.15, -0.1) is 0 Å². The fraction of sp³-hybridized carbons (Fsp3) is 0. The average Bonchev–Trinajstić information content (AvgIpc) is 3.35. The summed E-state index contributed by atoms with van der Waals surface area (Å²) in [5.74, 6) is 1.71. The van der Waals surface area contributed by atoms with Crippen molar-refractivity contribution in [1.82, 2.24) is 38.2 Å². The maximum absolute atomic E-state index is 4.14. The molecule has 0 aromatic carbocycles. The third kappa shape index (κ3) is 2.03. The predicted octanol–water partition coefficient (Wildman–Crippen LogP) is 0.945. The molecule has 0 amide bonds. The van der Waals surface area contributed by atoms with Crippen molar-refractivity contribution >= 4 is 0 Å². The Kier molecular flexibility index (Phi) is 2.90. The predicted molar refractivity (Wildman–Crippen MR) is 77.0 cm³/mol. The summed E-state index contributed by atoms with van der Waals surface area (Å²) in [5.41, 5.74) is 0. The molecule has 0 saturated heterocycles. The molecule has 0 aliphatic carbocycles. The maximum Gasteiger partial charge on any atom is 0.166 e. The summed E-state index contributed by atoms with van der Waals surface area (Å²) >= 11 is 0. The highest BCUT2D eigenvalue weighted by Gasteiger charge is 2.15. The molecule has 108 valence electrons. The average molecular weight is 292 g/mol. The zero-order valence-electron chi connectivity index (χ0n) is 11.5. The van der Waals surface area contributed by atoms with Gasteiger partial charge in [0.05, 0.1) is 0 Å². The van der Waals surface area contributed by atoms with Crippen LogP contribution in [0, 0.1) is 11.6 Å². The lowest BCUT2D eigenvalue weighted by Crippen LogP contribution is -2.21. The van der Waals surface area contributed by atoms with Crippen molar-refractivity contribution in [3.05, 3.63) is 86.5 Å². The Morgan fingerprint density at radius 2 is 0.727 bits per heavy atom. The molecule has 0 bridgehead atoms. The second-order valence-corrected chi connectivity index (χ2v) is 4.53. The van der Waals surface area contributed by atoms with Gasteiger partial charge in [0.2, 0.25) is 0 Å². The van der Waals surface area contributed by atoms with Crippen molar-refractivity contribution < 1.29 is 0 Å². The van der Waals surface area contributed by atoms with Gasteiger partial charge in [-0.2, -0.15) is 0 Å². The smallest absolute Gasteiger partial charge is 0.166 e. The molecule has 0 unspecified atom stereocenters. The highest BCUT2D eigenvalue weighted by Crippen LogP contribution is 2.12. The Hall–Kier alpha value is -3.42. The van der Waals surface area contributed by atoms with Crippen LogP contribution in [0.2, 0.25) is 0 Å². The zero-order valence-corrected chi connectivity index (χ0v) is 11.5. The Labute approximate surface area is 125 Å². The molecule has 0 aliphatic heterocycles. The van der Waals surface area contributed by atoms with Crippen LogP contribution >= 0.6 is 0 Å². The van der Waals surface area contributed by atoms with Gasteiger partial charge < -0.3 is 0 Å². The van der Waals surface area contributed by atoms with Crippen molar-refractivity contribution in [2.75, 3.05) is 0 Å². The standard InChI is InChI=1S/C14H12N8/c1-5-19(9-15-1)13(20-6-2-16-10-20)14(21-7-3-17-11-21)22-8-4-18-12-22/h1-12H. The molecule has 0 spiro atoms. The first-order valence-corrected chi connectivity index (χ1v) is 6.61. The molecular formula is C14H12N8. The number of aromatic nitrogens is 8. The molecule has 8 heteroatoms. The number of rotatable bonds is 4. The molecule has 4 aromatic heterocycles. The largest absolute Gasteiger partial charge is 0.289 e. The van der Waals surface area contributed by atoms with Crippen molar-refractivity contribution in [3.63, 3.8) is 0 Å². The number of nitrogens with zero attached hydrogens (tertiary/aromatic N) is 8. The maximum atomic E-state index is 4.14. The summed E-state index contributed by atoms with van der Waals surface area (Å²) in [4.78, 5) is 16.6. The minimum atomic E-state index is 0.853. The Balaban J connectivity index is 2.06. The Morgan fingerprint density at radius 3 is 0.909 bits per heavy atom. The van der Waals surface area contributed by atoms with Crippen LogP contribution in [-0.4, -0.2) is 38.2 Å². The molecule has 0 atom stereocenters. The van der Waals surface area contributed by atoms with Crippen molar-refractivity contribution in [2.45, 2.75) is 0 Å². The van der Waals surface area contributed by atoms with Gasteiger partial charge in [-0.25, -0.2) is 19.9 Å². The quantitative estimate of drug-likeness (QED) is 0.561. The lowest BCUT2D eigenvalue weighted by molar-refractivity contribution is 0.622. The molecule has 0 fully saturated rings. The van der Waals surface area contributed by atoms with E-state index in [1.807, 2.05) is 43.1 Å². The van der Waals surface area contributed by atoms with Gasteiger partial charge in [-0.3, -0.25) is 18.3 Å². The number of imidazole rings is 4. The highest BCUT2D eigenvalue weighted by atomic mass is 15.3. The summed E-state index contributed by atoms with van der Waals surface area (Å²) < 4.78 is 7.65. The zero-order chi connectivity index (χ0) is 14.8. The van der Waals surface area contributed by atoms with Crippen molar-refractivity contribution in [3.8, 4) is 0 Å². The second kappa shape index (κ2) is 5.17. The van der Waals surface area contributed by atoms with Gasteiger partial charge >= 0.3 is 0 Å². The van der Waals surface area contributed by atoms with E-state index >= 15 is 0 Å². The molecule has 0 radical (unpaired) electrons. The first-order chi connectivity index (χ1) is 10.9. The molecule has 0 N–H and O–H groups in total. The summed E-state index contributed by atoms with van der Waals surface area (Å²) in [6, 6.07) is 0. The van der Waals surface area contributed by atoms with Crippen LogP contribution in [0.25, 0.3) is 0 Å². The number of hydrogen-bond acceptors (Lipinski definition) is 4. The fourth-order valence-corrected chi connectivity index (χ4v) is 2.27. The molecule has 22 heavy (non-hydrogen) atoms. The summed E-state index contributed by atoms with van der Waals surface area (Å²) in [7, 11) is 0. The molecule has 4 rings (SSSR count). The Morgan fingerprint density at radius 1 is 0.455 bits per heavy atom. The van der Waals surface area contributed by atoms with Gasteiger partial charge in [0.25, 0.3) is 0 Å². The van der Waals surface area contributed by atoms with Crippen LogP contribution in [0.15, 0.2) is 74.9 Å². The van der Waals surface area contributed by atoms with E-state index < -0.39 is 0 Å². The molecule has 0 saturated carbocycles. The third-order valence-corrected chi connectivity index (χ3v) is 3.20. The SMILES string of the molecule is c1cn(C(=C(n2ccnc2)n2ccnc2)n2ccnc2)cn1. The lowest BCUT2D eigenvalue weighted by Gasteiger charge is -2.17. The van der Waals surface area contributed by atoms with E-state index in [4.69, 9.17) is 0 Å². The van der Waals surface area contributed by atoms with E-state index in [2.05, 4.69) is 19.9 Å². The van der Waals surface area contributed by atoms with Crippen molar-refractivity contribution in [2.24, 2.45) is 0 Å². The van der Waals surface area contributed by atoms with E-state index in [0.717, 1.165) is 11.6 Å². The Bertz CT molecular complexity index is 705. The van der Waals surface area contributed by atoms with Gasteiger partial charge in [-0.05, 0) is 0 Å². The summed E-state index contributed by atoms with van der Waals surface area (Å²) in [6.07, 6.45) is 21.4. The topological polar surface area (TPSA) is 71.3 Å². The van der Waals surface area contributed by atoms with Crippen LogP contribution in [0.4, 0.5) is 0 Å². The summed E-state index contributed by atoms with van der Waals surface area (Å²) in [5, 5.41) is 0. The third-order valence-electron chi connectivity index (χ3n) is 3.20. The minimum absolute atomic E-state index is 0.853. The van der Waals surface area contributed by atoms with Gasteiger partial charge in [0.1, 0.15) is 25.3 Å². The van der Waals surface area contributed by atoms with E-state index in [0.29, 0.717) is 0 Å². The van der Waals surface area contributed by atoms with E-state index in [9.17, 15) is 0 Å². The van der Waals surface area contributed by atoms with Gasteiger partial charge in [0.15, 0.2) is 11.6 Å². The van der Waals surface area contributed by atoms with Gasteiger partial charge in [0, 0.05) is 49.6 Å². The molecule has 4 heterocycles. The first kappa shape index (κ1) is 12.3. The van der Waals surface area contributed by atoms with Crippen LogP contribution in [0.5, 0.6) is 0 Å². The van der Waals surface area contributed by atoms with E-state index in [-0.39, 0.29) is 0 Å². The highest BCUT2D eigenvalue weighted by molar-refractivity contribution is 5.08. The van der Waals surface area contributed by atoms with Crippen molar-refractivity contribution in [1.29, 1.82) is 0 Å². The lowest BCUT2D eigenvalue weighted by atomic mass is 10.5. The molecule has 8 nitrogen and oxygen atoms in total. The van der Waals surface area contributed by atoms with Crippen LogP contribution in [-0.2, 0) is 0 Å². The van der Waals surface area contributed by atoms with Crippen LogP contribution in [0.1, 0.15) is 0 Å². The fourth-order valence-electron chi connectivity index (χ4n) is 2.27. The van der Waals surface area contributed by atoms with E-state index in [1.54, 1.807) is 50.1 Å². The summed E-state index contributed by atoms with van der Waals surface area (Å²) in [6.45, 7) is 0. The normalized spacial score (nSPS) is 10.7. The second-order valence-electron chi connectivity index (χ2n) is 4.53. The minimum Gasteiger partial charge on any atom is -0.289 e. The monoisotopic (exact) mass is 292 g/mol. The molecule has 4 aromatic rings. The van der Waals surface area contributed by atoms with Crippen LogP contribution < -0.4 is 0 Å². The molecular weight excluding hydrogens is 280 g/mol. The van der Waals surface area contributed by atoms with Crippen LogP contribution in [0.3, 0.4) is 0 Å². The molecule has 0 aliphatic rings. The first-order valence-electron chi connectivity index (χ1n) is 6.61. The van der Waals surface area contributed by atoms with E-state index in [1.165, 1.54) is 0 Å².